The molecular formula is C14H16O4. The van der Waals surface area contributed by atoms with E-state index in [9.17, 15) is 4.79 Å². The number of rotatable bonds is 4. The fraction of sp³-hybridized carbons (Fsp3) is 0.357. The lowest BCUT2D eigenvalue weighted by Gasteiger charge is -2.05. The minimum Gasteiger partial charge on any atom is -0.423 e. The molecule has 0 aliphatic carbocycles. The number of aryl methyl sites for hydroxylation is 2. The second-order valence-electron chi connectivity index (χ2n) is 4.45. The molecule has 4 heteroatoms. The van der Waals surface area contributed by atoms with Gasteiger partial charge in [0.25, 0.3) is 0 Å². The van der Waals surface area contributed by atoms with Crippen molar-refractivity contribution in [3.8, 4) is 0 Å². The monoisotopic (exact) mass is 248 g/mol. The minimum absolute atomic E-state index is 0.343. The predicted molar refractivity (Wildman–Crippen MR) is 68.4 cm³/mol. The van der Waals surface area contributed by atoms with E-state index >= 15 is 0 Å². The molecule has 1 aromatic carbocycles. The maximum atomic E-state index is 11.3. The van der Waals surface area contributed by atoms with E-state index in [2.05, 4.69) is 0 Å². The van der Waals surface area contributed by atoms with Gasteiger partial charge in [-0.15, -0.1) is 0 Å². The number of aliphatic hydroxyl groups is 2. The van der Waals surface area contributed by atoms with E-state index in [1.807, 2.05) is 25.1 Å². The standard InChI is InChI=1S/C14H16O4/c1-9-7-14(17)18-12-8-10(5-6-11(9)12)3-2-4-13(15)16/h5-8,13,15-16H,2-4H2,1H3. The fourth-order valence-corrected chi connectivity index (χ4v) is 2.01. The molecule has 4 nitrogen and oxygen atoms in total. The maximum Gasteiger partial charge on any atom is 0.336 e. The van der Waals surface area contributed by atoms with Crippen LogP contribution in [-0.4, -0.2) is 16.5 Å². The van der Waals surface area contributed by atoms with Crippen LogP contribution >= 0.6 is 0 Å². The molecule has 0 fully saturated rings. The molecule has 0 radical (unpaired) electrons. The van der Waals surface area contributed by atoms with E-state index < -0.39 is 6.29 Å². The predicted octanol–water partition coefficient (Wildman–Crippen LogP) is 1.73. The van der Waals surface area contributed by atoms with Crippen molar-refractivity contribution in [1.82, 2.24) is 0 Å². The van der Waals surface area contributed by atoms with Gasteiger partial charge in [0.1, 0.15) is 5.58 Å². The Hall–Kier alpha value is -1.65. The molecule has 0 unspecified atom stereocenters. The Morgan fingerprint density at radius 1 is 1.28 bits per heavy atom. The van der Waals surface area contributed by atoms with Crippen LogP contribution in [0.4, 0.5) is 0 Å². The zero-order valence-corrected chi connectivity index (χ0v) is 10.2. The molecule has 2 N–H and O–H groups in total. The quantitative estimate of drug-likeness (QED) is 0.638. The molecule has 2 aromatic rings. The minimum atomic E-state index is -1.26. The van der Waals surface area contributed by atoms with Crippen LogP contribution < -0.4 is 5.63 Å². The highest BCUT2D eigenvalue weighted by atomic mass is 16.5. The van der Waals surface area contributed by atoms with E-state index in [0.29, 0.717) is 18.4 Å². The highest BCUT2D eigenvalue weighted by Crippen LogP contribution is 2.19. The van der Waals surface area contributed by atoms with Crippen LogP contribution in [0.2, 0.25) is 0 Å². The number of benzene rings is 1. The van der Waals surface area contributed by atoms with E-state index in [1.54, 1.807) is 0 Å². The second-order valence-corrected chi connectivity index (χ2v) is 4.45. The largest absolute Gasteiger partial charge is 0.423 e. The van der Waals surface area contributed by atoms with E-state index in [-0.39, 0.29) is 5.63 Å². The fourth-order valence-electron chi connectivity index (χ4n) is 2.01. The van der Waals surface area contributed by atoms with Crippen LogP contribution in [0.1, 0.15) is 24.0 Å². The van der Waals surface area contributed by atoms with Crippen LogP contribution in [0.5, 0.6) is 0 Å². The molecule has 0 saturated carbocycles. The second kappa shape index (κ2) is 5.33. The van der Waals surface area contributed by atoms with Gasteiger partial charge in [-0.2, -0.15) is 0 Å². The third-order valence-corrected chi connectivity index (χ3v) is 2.94. The van der Waals surface area contributed by atoms with Gasteiger partial charge in [-0.25, -0.2) is 4.79 Å². The van der Waals surface area contributed by atoms with Gasteiger partial charge >= 0.3 is 5.63 Å². The third-order valence-electron chi connectivity index (χ3n) is 2.94. The van der Waals surface area contributed by atoms with Gasteiger partial charge in [0.2, 0.25) is 0 Å². The third kappa shape index (κ3) is 2.97. The van der Waals surface area contributed by atoms with E-state index in [0.717, 1.165) is 22.9 Å². The van der Waals surface area contributed by atoms with E-state index in [1.165, 1.54) is 6.07 Å². The number of fused-ring (bicyclic) bond motifs is 1. The summed E-state index contributed by atoms with van der Waals surface area (Å²) < 4.78 is 5.16. The molecule has 0 amide bonds. The highest BCUT2D eigenvalue weighted by molar-refractivity contribution is 5.80. The summed E-state index contributed by atoms with van der Waals surface area (Å²) >= 11 is 0. The molecule has 1 heterocycles. The Kier molecular flexibility index (Phi) is 3.79. The summed E-state index contributed by atoms with van der Waals surface area (Å²) in [5.74, 6) is 0. The first-order chi connectivity index (χ1) is 8.56. The molecule has 1 aromatic heterocycles. The van der Waals surface area contributed by atoms with Crippen LogP contribution in [-0.2, 0) is 6.42 Å². The topological polar surface area (TPSA) is 70.7 Å². The van der Waals surface area contributed by atoms with Crippen LogP contribution in [0.3, 0.4) is 0 Å². The molecule has 2 rings (SSSR count). The normalized spacial score (nSPS) is 11.3. The molecule has 0 aliphatic rings. The van der Waals surface area contributed by atoms with Gasteiger partial charge in [-0.05, 0) is 43.4 Å². The Bertz CT molecular complexity index is 598. The number of hydrogen-bond donors (Lipinski definition) is 2. The molecule has 96 valence electrons. The first-order valence-corrected chi connectivity index (χ1v) is 5.96. The molecule has 18 heavy (non-hydrogen) atoms. The molecule has 0 atom stereocenters. The number of aliphatic hydroxyl groups excluding tert-OH is 1. The van der Waals surface area contributed by atoms with Crippen molar-refractivity contribution in [3.63, 3.8) is 0 Å². The first kappa shape index (κ1) is 12.8. The number of hydrogen-bond acceptors (Lipinski definition) is 4. The summed E-state index contributed by atoms with van der Waals surface area (Å²) in [7, 11) is 0. The zero-order chi connectivity index (χ0) is 13.1. The highest BCUT2D eigenvalue weighted by Gasteiger charge is 2.04. The molecule has 0 aliphatic heterocycles. The van der Waals surface area contributed by atoms with Crippen molar-refractivity contribution in [2.24, 2.45) is 0 Å². The maximum absolute atomic E-state index is 11.3. The summed E-state index contributed by atoms with van der Waals surface area (Å²) in [5, 5.41) is 18.5. The lowest BCUT2D eigenvalue weighted by Crippen LogP contribution is -2.04. The Morgan fingerprint density at radius 3 is 2.78 bits per heavy atom. The summed E-state index contributed by atoms with van der Waals surface area (Å²) in [4.78, 5) is 11.3. The zero-order valence-electron chi connectivity index (χ0n) is 10.2. The molecule has 0 spiro atoms. The lowest BCUT2D eigenvalue weighted by atomic mass is 10.0. The smallest absolute Gasteiger partial charge is 0.336 e. The van der Waals surface area contributed by atoms with Crippen LogP contribution in [0.25, 0.3) is 11.0 Å². The summed E-state index contributed by atoms with van der Waals surface area (Å²) in [6.45, 7) is 1.88. The van der Waals surface area contributed by atoms with Crippen molar-refractivity contribution in [3.05, 3.63) is 45.8 Å². The molecule has 0 bridgehead atoms. The Morgan fingerprint density at radius 2 is 2.06 bits per heavy atom. The Balaban J connectivity index is 2.24. The van der Waals surface area contributed by atoms with Crippen molar-refractivity contribution >= 4 is 11.0 Å². The van der Waals surface area contributed by atoms with Gasteiger partial charge in [-0.1, -0.05) is 12.1 Å². The molecular weight excluding hydrogens is 232 g/mol. The summed E-state index contributed by atoms with van der Waals surface area (Å²) in [5.41, 5.74) is 2.17. The van der Waals surface area contributed by atoms with Crippen LogP contribution in [0.15, 0.2) is 33.5 Å². The van der Waals surface area contributed by atoms with Gasteiger partial charge in [0.15, 0.2) is 6.29 Å². The van der Waals surface area contributed by atoms with E-state index in [4.69, 9.17) is 14.6 Å². The average Bonchev–Trinajstić information content (AvgIpc) is 2.27. The summed E-state index contributed by atoms with van der Waals surface area (Å²) in [6, 6.07) is 7.22. The average molecular weight is 248 g/mol. The first-order valence-electron chi connectivity index (χ1n) is 5.96. The Labute approximate surface area is 104 Å². The van der Waals surface area contributed by atoms with Gasteiger partial charge in [0, 0.05) is 11.5 Å². The van der Waals surface area contributed by atoms with Gasteiger partial charge < -0.3 is 14.6 Å². The van der Waals surface area contributed by atoms with Gasteiger partial charge in [0.05, 0.1) is 0 Å². The van der Waals surface area contributed by atoms with Crippen molar-refractivity contribution in [1.29, 1.82) is 0 Å². The van der Waals surface area contributed by atoms with Crippen molar-refractivity contribution in [2.45, 2.75) is 32.5 Å². The molecule has 0 saturated heterocycles. The lowest BCUT2D eigenvalue weighted by molar-refractivity contribution is -0.0461. The SMILES string of the molecule is Cc1cc(=O)oc2cc(CCCC(O)O)ccc12. The van der Waals surface area contributed by atoms with Gasteiger partial charge in [-0.3, -0.25) is 0 Å². The summed E-state index contributed by atoms with van der Waals surface area (Å²) in [6.07, 6.45) is 0.492. The van der Waals surface area contributed by atoms with Crippen molar-refractivity contribution in [2.75, 3.05) is 0 Å². The van der Waals surface area contributed by atoms with Crippen LogP contribution in [0, 0.1) is 6.92 Å². The van der Waals surface area contributed by atoms with Crippen molar-refractivity contribution < 1.29 is 14.6 Å².